The molecule has 0 heterocycles. The average Bonchev–Trinajstić information content (AvgIpc) is 2.65. The van der Waals surface area contributed by atoms with Crippen LogP contribution >= 0.6 is 0 Å². The van der Waals surface area contributed by atoms with Gasteiger partial charge >= 0.3 is 5.97 Å². The van der Waals surface area contributed by atoms with E-state index in [4.69, 9.17) is 4.74 Å². The molecule has 0 N–H and O–H groups in total. The largest absolute Gasteiger partial charge is 0.466 e. The highest BCUT2D eigenvalue weighted by Crippen LogP contribution is 2.33. The van der Waals surface area contributed by atoms with Crippen LogP contribution in [0.25, 0.3) is 17.7 Å². The van der Waals surface area contributed by atoms with Crippen LogP contribution in [0.3, 0.4) is 0 Å². The van der Waals surface area contributed by atoms with E-state index >= 15 is 0 Å². The normalized spacial score (nSPS) is 12.2. The van der Waals surface area contributed by atoms with Crippen LogP contribution in [0.1, 0.15) is 22.3 Å². The number of rotatable bonds is 1. The number of hydrogen-bond donors (Lipinski definition) is 0. The lowest BCUT2D eigenvalue weighted by Gasteiger charge is -2.11. The van der Waals surface area contributed by atoms with Gasteiger partial charge in [-0.2, -0.15) is 0 Å². The molecule has 0 aliphatic heterocycles. The van der Waals surface area contributed by atoms with Crippen LogP contribution in [0.15, 0.2) is 54.6 Å². The van der Waals surface area contributed by atoms with Crippen LogP contribution in [-0.4, -0.2) is 13.1 Å². The highest BCUT2D eigenvalue weighted by molar-refractivity contribution is 6.01. The molecule has 0 saturated carbocycles. The lowest BCUT2D eigenvalue weighted by molar-refractivity contribution is -0.134. The van der Waals surface area contributed by atoms with Gasteiger partial charge in [0.15, 0.2) is 0 Å². The van der Waals surface area contributed by atoms with Crippen molar-refractivity contribution in [3.05, 3.63) is 76.9 Å². The molecule has 2 aromatic rings. The van der Waals surface area contributed by atoms with Crippen molar-refractivity contribution >= 4 is 23.7 Å². The zero-order chi connectivity index (χ0) is 13.9. The van der Waals surface area contributed by atoms with E-state index in [0.717, 1.165) is 27.8 Å². The molecular formula is C18H14O2. The van der Waals surface area contributed by atoms with Gasteiger partial charge in [-0.25, -0.2) is 4.79 Å². The Morgan fingerprint density at radius 1 is 0.900 bits per heavy atom. The zero-order valence-electron chi connectivity index (χ0n) is 11.2. The van der Waals surface area contributed by atoms with E-state index in [2.05, 4.69) is 12.2 Å². The van der Waals surface area contributed by atoms with Crippen LogP contribution in [0, 0.1) is 0 Å². The van der Waals surface area contributed by atoms with Gasteiger partial charge in [0.05, 0.1) is 7.11 Å². The average molecular weight is 262 g/mol. The van der Waals surface area contributed by atoms with Crippen molar-refractivity contribution in [2.24, 2.45) is 0 Å². The molecule has 0 radical (unpaired) electrons. The first kappa shape index (κ1) is 12.4. The first-order valence-electron chi connectivity index (χ1n) is 6.46. The SMILES string of the molecule is COC(=O)C=C1c2ccccc2C=Cc2ccccc21. The molecule has 3 rings (SSSR count). The Kier molecular flexibility index (Phi) is 3.21. The van der Waals surface area contributed by atoms with E-state index in [1.165, 1.54) is 7.11 Å². The van der Waals surface area contributed by atoms with E-state index in [1.807, 2.05) is 48.5 Å². The minimum absolute atomic E-state index is 0.341. The molecule has 98 valence electrons. The molecule has 2 nitrogen and oxygen atoms in total. The van der Waals surface area contributed by atoms with Gasteiger partial charge in [0.25, 0.3) is 0 Å². The van der Waals surface area contributed by atoms with Gasteiger partial charge in [0, 0.05) is 6.08 Å². The fraction of sp³-hybridized carbons (Fsp3) is 0.0556. The van der Waals surface area contributed by atoms with Crippen LogP contribution < -0.4 is 0 Å². The van der Waals surface area contributed by atoms with Gasteiger partial charge in [-0.05, 0) is 27.8 Å². The van der Waals surface area contributed by atoms with Crippen molar-refractivity contribution in [2.75, 3.05) is 7.11 Å². The lowest BCUT2D eigenvalue weighted by atomic mass is 9.93. The standard InChI is InChI=1S/C18H14O2/c1-20-18(19)12-17-15-8-4-2-6-13(15)10-11-14-7-3-5-9-16(14)17/h2-12H,1H3. The van der Waals surface area contributed by atoms with E-state index in [0.29, 0.717) is 0 Å². The molecule has 1 aliphatic carbocycles. The molecule has 1 aliphatic rings. The molecule has 2 aromatic carbocycles. The molecule has 0 aromatic heterocycles. The summed E-state index contributed by atoms with van der Waals surface area (Å²) in [7, 11) is 1.39. The van der Waals surface area contributed by atoms with Gasteiger partial charge in [-0.15, -0.1) is 0 Å². The second-order valence-corrected chi connectivity index (χ2v) is 4.59. The summed E-state index contributed by atoms with van der Waals surface area (Å²) in [6.45, 7) is 0. The van der Waals surface area contributed by atoms with Crippen molar-refractivity contribution in [1.29, 1.82) is 0 Å². The van der Waals surface area contributed by atoms with E-state index < -0.39 is 0 Å². The number of carbonyl (C=O) groups excluding carboxylic acids is 1. The Balaban J connectivity index is 2.29. The number of ether oxygens (including phenoxy) is 1. The van der Waals surface area contributed by atoms with Gasteiger partial charge in [0.2, 0.25) is 0 Å². The Bertz CT molecular complexity index is 672. The fourth-order valence-electron chi connectivity index (χ4n) is 2.43. The maximum atomic E-state index is 11.7. The molecule has 0 spiro atoms. The Hall–Kier alpha value is -2.61. The molecule has 0 bridgehead atoms. The summed E-state index contributed by atoms with van der Waals surface area (Å²) < 4.78 is 4.79. The van der Waals surface area contributed by atoms with E-state index in [9.17, 15) is 4.79 Å². The first-order chi connectivity index (χ1) is 9.79. The predicted molar refractivity (Wildman–Crippen MR) is 80.9 cm³/mol. The summed E-state index contributed by atoms with van der Waals surface area (Å²) in [4.78, 5) is 11.7. The van der Waals surface area contributed by atoms with Gasteiger partial charge in [-0.3, -0.25) is 0 Å². The van der Waals surface area contributed by atoms with Crippen LogP contribution in [-0.2, 0) is 9.53 Å². The molecular weight excluding hydrogens is 248 g/mol. The molecule has 20 heavy (non-hydrogen) atoms. The number of fused-ring (bicyclic) bond motifs is 2. The molecule has 0 unspecified atom stereocenters. The van der Waals surface area contributed by atoms with Crippen molar-refractivity contribution in [2.45, 2.75) is 0 Å². The third-order valence-corrected chi connectivity index (χ3v) is 3.41. The number of esters is 1. The maximum absolute atomic E-state index is 11.7. The molecule has 0 saturated heterocycles. The molecule has 0 fully saturated rings. The minimum atomic E-state index is -0.341. The zero-order valence-corrected chi connectivity index (χ0v) is 11.2. The third kappa shape index (κ3) is 2.16. The number of carbonyl (C=O) groups is 1. The fourth-order valence-corrected chi connectivity index (χ4v) is 2.43. The summed E-state index contributed by atoms with van der Waals surface area (Å²) in [5.41, 5.74) is 5.17. The Morgan fingerprint density at radius 3 is 1.90 bits per heavy atom. The predicted octanol–water partition coefficient (Wildman–Crippen LogP) is 3.78. The first-order valence-corrected chi connectivity index (χ1v) is 6.46. The maximum Gasteiger partial charge on any atom is 0.331 e. The van der Waals surface area contributed by atoms with Gasteiger partial charge in [0.1, 0.15) is 0 Å². The second-order valence-electron chi connectivity index (χ2n) is 4.59. The van der Waals surface area contributed by atoms with Gasteiger partial charge < -0.3 is 4.74 Å². The summed E-state index contributed by atoms with van der Waals surface area (Å²) in [5, 5.41) is 0. The van der Waals surface area contributed by atoms with Gasteiger partial charge in [-0.1, -0.05) is 60.7 Å². The minimum Gasteiger partial charge on any atom is -0.466 e. The molecule has 0 atom stereocenters. The second kappa shape index (κ2) is 5.17. The van der Waals surface area contributed by atoms with Crippen molar-refractivity contribution in [3.8, 4) is 0 Å². The van der Waals surface area contributed by atoms with Crippen LogP contribution in [0.4, 0.5) is 0 Å². The number of benzene rings is 2. The number of methoxy groups -OCH3 is 1. The summed E-state index contributed by atoms with van der Waals surface area (Å²) >= 11 is 0. The summed E-state index contributed by atoms with van der Waals surface area (Å²) in [5.74, 6) is -0.341. The molecule has 2 heteroatoms. The van der Waals surface area contributed by atoms with Crippen LogP contribution in [0.5, 0.6) is 0 Å². The smallest absolute Gasteiger partial charge is 0.331 e. The van der Waals surface area contributed by atoms with Crippen molar-refractivity contribution in [3.63, 3.8) is 0 Å². The summed E-state index contributed by atoms with van der Waals surface area (Å²) in [6, 6.07) is 16.1. The highest BCUT2D eigenvalue weighted by atomic mass is 16.5. The lowest BCUT2D eigenvalue weighted by Crippen LogP contribution is -1.99. The monoisotopic (exact) mass is 262 g/mol. The highest BCUT2D eigenvalue weighted by Gasteiger charge is 2.15. The summed E-state index contributed by atoms with van der Waals surface area (Å²) in [6.07, 6.45) is 5.71. The molecule has 0 amide bonds. The van der Waals surface area contributed by atoms with E-state index in [1.54, 1.807) is 6.08 Å². The Morgan fingerprint density at radius 2 is 1.40 bits per heavy atom. The Labute approximate surface area is 118 Å². The van der Waals surface area contributed by atoms with E-state index in [-0.39, 0.29) is 5.97 Å². The van der Waals surface area contributed by atoms with Crippen molar-refractivity contribution < 1.29 is 9.53 Å². The topological polar surface area (TPSA) is 26.3 Å². The number of hydrogen-bond acceptors (Lipinski definition) is 2. The van der Waals surface area contributed by atoms with Crippen molar-refractivity contribution in [1.82, 2.24) is 0 Å². The van der Waals surface area contributed by atoms with Crippen LogP contribution in [0.2, 0.25) is 0 Å². The third-order valence-electron chi connectivity index (χ3n) is 3.41. The quantitative estimate of drug-likeness (QED) is 0.493.